The first-order valence-corrected chi connectivity index (χ1v) is 8.80. The molecule has 1 amide bonds. The number of aromatic nitrogens is 3. The summed E-state index contributed by atoms with van der Waals surface area (Å²) in [6, 6.07) is 9.62. The average Bonchev–Trinajstić information content (AvgIpc) is 2.63. The molecule has 0 unspecified atom stereocenters. The van der Waals surface area contributed by atoms with Gasteiger partial charge in [-0.1, -0.05) is 23.8 Å². The minimum atomic E-state index is -0.250. The van der Waals surface area contributed by atoms with E-state index in [1.165, 1.54) is 5.56 Å². The van der Waals surface area contributed by atoms with E-state index in [0.717, 1.165) is 28.1 Å². The summed E-state index contributed by atoms with van der Waals surface area (Å²) in [4.78, 5) is 25.6. The van der Waals surface area contributed by atoms with Crippen molar-refractivity contribution in [1.29, 1.82) is 0 Å². The molecule has 0 bridgehead atoms. The Labute approximate surface area is 159 Å². The maximum atomic E-state index is 12.7. The molecule has 6 nitrogen and oxygen atoms in total. The van der Waals surface area contributed by atoms with Crippen LogP contribution in [-0.2, 0) is 6.54 Å². The predicted molar refractivity (Wildman–Crippen MR) is 107 cm³/mol. The number of carbonyl (C=O) groups excluding carboxylic acids is 1. The highest BCUT2D eigenvalue weighted by Crippen LogP contribution is 2.22. The number of aryl methyl sites for hydroxylation is 4. The van der Waals surface area contributed by atoms with Gasteiger partial charge in [0.2, 0.25) is 5.95 Å². The fourth-order valence-corrected chi connectivity index (χ4v) is 3.00. The topological polar surface area (TPSA) is 79.8 Å². The van der Waals surface area contributed by atoms with Gasteiger partial charge in [-0.25, -0.2) is 9.97 Å². The molecule has 2 aromatic heterocycles. The Hall–Kier alpha value is -3.28. The van der Waals surface area contributed by atoms with Gasteiger partial charge in [-0.15, -0.1) is 0 Å². The van der Waals surface area contributed by atoms with Gasteiger partial charge in [-0.3, -0.25) is 9.78 Å². The lowest BCUT2D eigenvalue weighted by Gasteiger charge is -2.13. The molecule has 2 heterocycles. The molecule has 138 valence electrons. The van der Waals surface area contributed by atoms with Gasteiger partial charge in [-0.05, 0) is 56.5 Å². The second kappa shape index (κ2) is 7.95. The van der Waals surface area contributed by atoms with Gasteiger partial charge in [0.25, 0.3) is 5.91 Å². The lowest BCUT2D eigenvalue weighted by atomic mass is 10.0. The Morgan fingerprint density at radius 3 is 2.44 bits per heavy atom. The smallest absolute Gasteiger partial charge is 0.274 e. The molecule has 0 saturated heterocycles. The van der Waals surface area contributed by atoms with Gasteiger partial charge in [0.15, 0.2) is 0 Å². The second-order valence-electron chi connectivity index (χ2n) is 6.66. The molecular weight excluding hydrogens is 338 g/mol. The molecule has 0 fully saturated rings. The number of pyridine rings is 1. The Kier molecular flexibility index (Phi) is 5.45. The van der Waals surface area contributed by atoms with Gasteiger partial charge in [-0.2, -0.15) is 0 Å². The SMILES string of the molecule is Cc1cc(C)c(NC(=O)c2cc(C)nc(NCc3cccnc3)n2)c(C)c1. The van der Waals surface area contributed by atoms with Crippen molar-refractivity contribution in [3.8, 4) is 0 Å². The number of hydrogen-bond acceptors (Lipinski definition) is 5. The first kappa shape index (κ1) is 18.5. The lowest BCUT2D eigenvalue weighted by molar-refractivity contribution is 0.102. The molecule has 0 aliphatic carbocycles. The minimum Gasteiger partial charge on any atom is -0.350 e. The number of anilines is 2. The van der Waals surface area contributed by atoms with Crippen molar-refractivity contribution in [2.75, 3.05) is 10.6 Å². The van der Waals surface area contributed by atoms with Crippen molar-refractivity contribution >= 4 is 17.5 Å². The standard InChI is InChI=1S/C21H23N5O/c1-13-8-14(2)19(15(3)9-13)26-20(27)18-10-16(4)24-21(25-18)23-12-17-6-5-7-22-11-17/h5-11H,12H2,1-4H3,(H,26,27)(H,23,24,25). The minimum absolute atomic E-state index is 0.250. The number of carbonyl (C=O) groups is 1. The van der Waals surface area contributed by atoms with E-state index in [4.69, 9.17) is 0 Å². The van der Waals surface area contributed by atoms with E-state index < -0.39 is 0 Å². The molecule has 2 N–H and O–H groups in total. The van der Waals surface area contributed by atoms with Crippen LogP contribution in [0, 0.1) is 27.7 Å². The Balaban J connectivity index is 1.78. The van der Waals surface area contributed by atoms with Gasteiger partial charge in [0.1, 0.15) is 5.69 Å². The molecule has 0 atom stereocenters. The molecule has 0 spiro atoms. The highest BCUT2D eigenvalue weighted by atomic mass is 16.1. The van der Waals surface area contributed by atoms with Gasteiger partial charge >= 0.3 is 0 Å². The number of nitrogens with one attached hydrogen (secondary N) is 2. The summed E-state index contributed by atoms with van der Waals surface area (Å²) in [5.41, 5.74) is 6.12. The van der Waals surface area contributed by atoms with E-state index in [0.29, 0.717) is 18.2 Å². The maximum Gasteiger partial charge on any atom is 0.274 e. The maximum absolute atomic E-state index is 12.7. The van der Waals surface area contributed by atoms with E-state index >= 15 is 0 Å². The third kappa shape index (κ3) is 4.67. The molecule has 27 heavy (non-hydrogen) atoms. The summed E-state index contributed by atoms with van der Waals surface area (Å²) >= 11 is 0. The van der Waals surface area contributed by atoms with Crippen molar-refractivity contribution in [3.05, 3.63) is 76.4 Å². The molecule has 0 aliphatic heterocycles. The van der Waals surface area contributed by atoms with Gasteiger partial charge in [0.05, 0.1) is 0 Å². The van der Waals surface area contributed by atoms with Crippen LogP contribution in [0.3, 0.4) is 0 Å². The third-order valence-corrected chi connectivity index (χ3v) is 4.18. The van der Waals surface area contributed by atoms with E-state index in [1.807, 2.05) is 39.8 Å². The van der Waals surface area contributed by atoms with Crippen LogP contribution in [-0.4, -0.2) is 20.9 Å². The Morgan fingerprint density at radius 2 is 1.78 bits per heavy atom. The first-order chi connectivity index (χ1) is 12.9. The largest absolute Gasteiger partial charge is 0.350 e. The molecular formula is C21H23N5O. The number of rotatable bonds is 5. The zero-order valence-corrected chi connectivity index (χ0v) is 16.0. The van der Waals surface area contributed by atoms with Gasteiger partial charge in [0, 0.05) is 30.3 Å². The summed E-state index contributed by atoms with van der Waals surface area (Å²) in [7, 11) is 0. The number of benzene rings is 1. The van der Waals surface area contributed by atoms with Crippen molar-refractivity contribution in [1.82, 2.24) is 15.0 Å². The summed E-state index contributed by atoms with van der Waals surface area (Å²) < 4.78 is 0. The monoisotopic (exact) mass is 361 g/mol. The van der Waals surface area contributed by atoms with E-state index in [9.17, 15) is 4.79 Å². The van der Waals surface area contributed by atoms with Crippen molar-refractivity contribution in [2.24, 2.45) is 0 Å². The van der Waals surface area contributed by atoms with Crippen LogP contribution < -0.4 is 10.6 Å². The summed E-state index contributed by atoms with van der Waals surface area (Å²) in [5.74, 6) is 0.168. The lowest BCUT2D eigenvalue weighted by Crippen LogP contribution is -2.17. The summed E-state index contributed by atoms with van der Waals surface area (Å²) in [6.45, 7) is 8.40. The van der Waals surface area contributed by atoms with E-state index in [-0.39, 0.29) is 5.91 Å². The van der Waals surface area contributed by atoms with Crippen LogP contribution in [0.15, 0.2) is 42.7 Å². The van der Waals surface area contributed by atoms with Crippen molar-refractivity contribution < 1.29 is 4.79 Å². The number of hydrogen-bond donors (Lipinski definition) is 2. The molecule has 3 rings (SSSR count). The van der Waals surface area contributed by atoms with Gasteiger partial charge < -0.3 is 10.6 Å². The highest BCUT2D eigenvalue weighted by Gasteiger charge is 2.14. The molecule has 0 radical (unpaired) electrons. The van der Waals surface area contributed by atoms with E-state index in [2.05, 4.69) is 37.7 Å². The van der Waals surface area contributed by atoms with Crippen LogP contribution in [0.4, 0.5) is 11.6 Å². The van der Waals surface area contributed by atoms with Crippen LogP contribution in [0.1, 0.15) is 38.4 Å². The molecule has 6 heteroatoms. The normalized spacial score (nSPS) is 10.5. The molecule has 1 aromatic carbocycles. The quantitative estimate of drug-likeness (QED) is 0.719. The summed E-state index contributed by atoms with van der Waals surface area (Å²) in [6.07, 6.45) is 3.50. The molecule has 0 saturated carbocycles. The number of nitrogens with zero attached hydrogens (tertiary/aromatic N) is 3. The van der Waals surface area contributed by atoms with Crippen LogP contribution in [0.25, 0.3) is 0 Å². The highest BCUT2D eigenvalue weighted by molar-refractivity contribution is 6.04. The molecule has 0 aliphatic rings. The Bertz CT molecular complexity index is 947. The second-order valence-corrected chi connectivity index (χ2v) is 6.66. The average molecular weight is 361 g/mol. The number of amides is 1. The zero-order chi connectivity index (χ0) is 19.4. The van der Waals surface area contributed by atoms with E-state index in [1.54, 1.807) is 18.5 Å². The Morgan fingerprint density at radius 1 is 1.04 bits per heavy atom. The molecule has 3 aromatic rings. The van der Waals surface area contributed by atoms with Crippen LogP contribution in [0.2, 0.25) is 0 Å². The van der Waals surface area contributed by atoms with Crippen molar-refractivity contribution in [3.63, 3.8) is 0 Å². The fraction of sp³-hybridized carbons (Fsp3) is 0.238. The van der Waals surface area contributed by atoms with Crippen LogP contribution >= 0.6 is 0 Å². The fourth-order valence-electron chi connectivity index (χ4n) is 3.00. The first-order valence-electron chi connectivity index (χ1n) is 8.80. The van der Waals surface area contributed by atoms with Crippen molar-refractivity contribution in [2.45, 2.75) is 34.2 Å². The zero-order valence-electron chi connectivity index (χ0n) is 16.0. The van der Waals surface area contributed by atoms with Crippen LogP contribution in [0.5, 0.6) is 0 Å². The predicted octanol–water partition coefficient (Wildman–Crippen LogP) is 3.97. The third-order valence-electron chi connectivity index (χ3n) is 4.18. The summed E-state index contributed by atoms with van der Waals surface area (Å²) in [5, 5.41) is 6.13.